The smallest absolute Gasteiger partial charge is 0.252 e. The summed E-state index contributed by atoms with van der Waals surface area (Å²) in [5.74, 6) is -0.688. The number of carbonyl (C=O) groups excluding carboxylic acids is 2. The second-order valence-corrected chi connectivity index (χ2v) is 4.34. The van der Waals surface area contributed by atoms with E-state index in [4.69, 9.17) is 17.2 Å². The lowest BCUT2D eigenvalue weighted by atomic mass is 10.1. The number of hydrogen-bond donors (Lipinski definition) is 3. The number of nitrogen functional groups attached to an aromatic ring is 1. The molecule has 2 heterocycles. The number of pyridine rings is 1. The quantitative estimate of drug-likeness (QED) is 0.637. The van der Waals surface area contributed by atoms with Crippen LogP contribution < -0.4 is 22.1 Å². The lowest BCUT2D eigenvalue weighted by molar-refractivity contribution is -0.121. The van der Waals surface area contributed by atoms with Crippen molar-refractivity contribution < 1.29 is 9.59 Å². The molecule has 6 N–H and O–H groups in total. The zero-order chi connectivity index (χ0) is 13.3. The second-order valence-electron chi connectivity index (χ2n) is 4.34. The molecule has 1 aromatic heterocycles. The molecule has 0 spiro atoms. The van der Waals surface area contributed by atoms with E-state index >= 15 is 0 Å². The number of nitrogens with zero attached hydrogens (tertiary/aromatic N) is 2. The fourth-order valence-corrected chi connectivity index (χ4v) is 2.09. The monoisotopic (exact) mass is 249 g/mol. The molecule has 18 heavy (non-hydrogen) atoms. The van der Waals surface area contributed by atoms with Crippen LogP contribution in [-0.2, 0) is 4.79 Å². The van der Waals surface area contributed by atoms with Gasteiger partial charge in [-0.2, -0.15) is 0 Å². The van der Waals surface area contributed by atoms with E-state index < -0.39 is 5.91 Å². The van der Waals surface area contributed by atoms with Crippen LogP contribution in [0.1, 0.15) is 16.8 Å². The predicted octanol–water partition coefficient (Wildman–Crippen LogP) is -0.926. The van der Waals surface area contributed by atoms with Crippen LogP contribution >= 0.6 is 0 Å². The Hall–Kier alpha value is -2.31. The highest BCUT2D eigenvalue weighted by Gasteiger charge is 2.29. The number of primary amides is 2. The van der Waals surface area contributed by atoms with Crippen LogP contribution in [0.25, 0.3) is 0 Å². The summed E-state index contributed by atoms with van der Waals surface area (Å²) in [7, 11) is 0. The van der Waals surface area contributed by atoms with Crippen LogP contribution in [0.4, 0.5) is 11.5 Å². The third kappa shape index (κ3) is 2.20. The van der Waals surface area contributed by atoms with Crippen LogP contribution in [0.15, 0.2) is 12.3 Å². The van der Waals surface area contributed by atoms with Gasteiger partial charge >= 0.3 is 0 Å². The molecule has 0 aromatic carbocycles. The number of aromatic nitrogens is 1. The van der Waals surface area contributed by atoms with Crippen molar-refractivity contribution in [2.24, 2.45) is 17.4 Å². The number of nitrogens with two attached hydrogens (primary N) is 3. The maximum atomic E-state index is 11.4. The minimum Gasteiger partial charge on any atom is -0.397 e. The van der Waals surface area contributed by atoms with Crippen LogP contribution in [0.2, 0.25) is 0 Å². The van der Waals surface area contributed by atoms with E-state index in [1.807, 2.05) is 4.90 Å². The van der Waals surface area contributed by atoms with Crippen molar-refractivity contribution in [1.29, 1.82) is 0 Å². The standard InChI is InChI=1S/C11H15N5O2/c12-7-3-8(10(14)18)11(15-4-7)16-2-1-6(5-16)9(13)17/h3-4,6H,1-2,5,12H2,(H2,13,17)(H2,14,18). The van der Waals surface area contributed by atoms with Gasteiger partial charge in [0.1, 0.15) is 5.82 Å². The van der Waals surface area contributed by atoms with Crippen molar-refractivity contribution in [2.75, 3.05) is 23.7 Å². The minimum atomic E-state index is -0.590. The second kappa shape index (κ2) is 4.52. The first-order valence-corrected chi connectivity index (χ1v) is 5.58. The van der Waals surface area contributed by atoms with Crippen molar-refractivity contribution >= 4 is 23.3 Å². The van der Waals surface area contributed by atoms with Gasteiger partial charge in [0, 0.05) is 13.1 Å². The van der Waals surface area contributed by atoms with Crippen molar-refractivity contribution in [2.45, 2.75) is 6.42 Å². The summed E-state index contributed by atoms with van der Waals surface area (Å²) in [5.41, 5.74) is 16.8. The van der Waals surface area contributed by atoms with Crippen LogP contribution in [0.5, 0.6) is 0 Å². The minimum absolute atomic E-state index is 0.218. The van der Waals surface area contributed by atoms with Crippen molar-refractivity contribution in [3.63, 3.8) is 0 Å². The number of carbonyl (C=O) groups is 2. The Labute approximate surface area is 104 Å². The molecule has 7 heteroatoms. The molecule has 2 rings (SSSR count). The fourth-order valence-electron chi connectivity index (χ4n) is 2.09. The molecule has 0 aliphatic carbocycles. The molecule has 1 fully saturated rings. The number of hydrogen-bond acceptors (Lipinski definition) is 5. The molecule has 2 amide bonds. The van der Waals surface area contributed by atoms with Gasteiger partial charge in [0.05, 0.1) is 23.4 Å². The summed E-state index contributed by atoms with van der Waals surface area (Å²) in [6.45, 7) is 1.07. The Morgan fingerprint density at radius 1 is 1.39 bits per heavy atom. The topological polar surface area (TPSA) is 128 Å². The van der Waals surface area contributed by atoms with E-state index in [0.717, 1.165) is 0 Å². The SMILES string of the molecule is NC(=O)c1cc(N)cnc1N1CCC(C(N)=O)C1. The molecule has 1 aromatic rings. The van der Waals surface area contributed by atoms with Crippen molar-refractivity contribution in [1.82, 2.24) is 4.98 Å². The molecule has 1 aliphatic heterocycles. The first-order valence-electron chi connectivity index (χ1n) is 5.58. The van der Waals surface area contributed by atoms with E-state index in [1.54, 1.807) is 0 Å². The van der Waals surface area contributed by atoms with Gasteiger partial charge in [-0.15, -0.1) is 0 Å². The Kier molecular flexibility index (Phi) is 3.05. The highest BCUT2D eigenvalue weighted by molar-refractivity contribution is 5.98. The summed E-state index contributed by atoms with van der Waals surface area (Å²) in [6.07, 6.45) is 2.11. The highest BCUT2D eigenvalue weighted by atomic mass is 16.1. The first kappa shape index (κ1) is 12.2. The van der Waals surface area contributed by atoms with Crippen LogP contribution in [-0.4, -0.2) is 29.9 Å². The summed E-state index contributed by atoms with van der Waals surface area (Å²) in [6, 6.07) is 1.49. The van der Waals surface area contributed by atoms with Crippen LogP contribution in [0, 0.1) is 5.92 Å². The molecule has 1 saturated heterocycles. The zero-order valence-electron chi connectivity index (χ0n) is 9.80. The van der Waals surface area contributed by atoms with Gasteiger partial charge in [0.25, 0.3) is 5.91 Å². The molecular formula is C11H15N5O2. The third-order valence-electron chi connectivity index (χ3n) is 3.04. The van der Waals surface area contributed by atoms with Gasteiger partial charge in [-0.3, -0.25) is 9.59 Å². The van der Waals surface area contributed by atoms with Gasteiger partial charge < -0.3 is 22.1 Å². The molecule has 96 valence electrons. The number of amides is 2. The molecule has 1 aliphatic rings. The summed E-state index contributed by atoms with van der Waals surface area (Å²) in [5, 5.41) is 0. The molecule has 0 saturated carbocycles. The largest absolute Gasteiger partial charge is 0.397 e. The Morgan fingerprint density at radius 3 is 2.67 bits per heavy atom. The molecule has 7 nitrogen and oxygen atoms in total. The lowest BCUT2D eigenvalue weighted by Crippen LogP contribution is -2.29. The fraction of sp³-hybridized carbons (Fsp3) is 0.364. The highest BCUT2D eigenvalue weighted by Crippen LogP contribution is 2.26. The molecule has 0 radical (unpaired) electrons. The molecular weight excluding hydrogens is 234 g/mol. The first-order chi connectivity index (χ1) is 8.49. The van der Waals surface area contributed by atoms with E-state index in [1.165, 1.54) is 12.3 Å². The maximum Gasteiger partial charge on any atom is 0.252 e. The lowest BCUT2D eigenvalue weighted by Gasteiger charge is -2.19. The van der Waals surface area contributed by atoms with Gasteiger partial charge in [-0.05, 0) is 12.5 Å². The predicted molar refractivity (Wildman–Crippen MR) is 66.7 cm³/mol. The Bertz CT molecular complexity index is 502. The zero-order valence-corrected chi connectivity index (χ0v) is 9.80. The van der Waals surface area contributed by atoms with E-state index in [-0.39, 0.29) is 17.4 Å². The Balaban J connectivity index is 2.29. The van der Waals surface area contributed by atoms with E-state index in [0.29, 0.717) is 31.0 Å². The number of anilines is 2. The van der Waals surface area contributed by atoms with Gasteiger partial charge in [0.2, 0.25) is 5.91 Å². The summed E-state index contributed by atoms with van der Waals surface area (Å²) < 4.78 is 0. The van der Waals surface area contributed by atoms with Gasteiger partial charge in [-0.1, -0.05) is 0 Å². The van der Waals surface area contributed by atoms with E-state index in [9.17, 15) is 9.59 Å². The summed E-state index contributed by atoms with van der Waals surface area (Å²) in [4.78, 5) is 28.4. The number of rotatable bonds is 3. The third-order valence-corrected chi connectivity index (χ3v) is 3.04. The van der Waals surface area contributed by atoms with Crippen molar-refractivity contribution in [3.05, 3.63) is 17.8 Å². The average molecular weight is 249 g/mol. The maximum absolute atomic E-state index is 11.4. The average Bonchev–Trinajstić information content (AvgIpc) is 2.78. The van der Waals surface area contributed by atoms with Crippen LogP contribution in [0.3, 0.4) is 0 Å². The molecule has 1 unspecified atom stereocenters. The van der Waals surface area contributed by atoms with Gasteiger partial charge in [0.15, 0.2) is 0 Å². The van der Waals surface area contributed by atoms with E-state index in [2.05, 4.69) is 4.98 Å². The molecule has 1 atom stereocenters. The van der Waals surface area contributed by atoms with Crippen molar-refractivity contribution in [3.8, 4) is 0 Å². The Morgan fingerprint density at radius 2 is 2.11 bits per heavy atom. The van der Waals surface area contributed by atoms with Gasteiger partial charge in [-0.25, -0.2) is 4.98 Å². The molecule has 0 bridgehead atoms. The summed E-state index contributed by atoms with van der Waals surface area (Å²) >= 11 is 0. The normalized spacial score (nSPS) is 18.9.